The van der Waals surface area contributed by atoms with Crippen molar-refractivity contribution in [3.63, 3.8) is 0 Å². The summed E-state index contributed by atoms with van der Waals surface area (Å²) in [6.07, 6.45) is 7.20. The summed E-state index contributed by atoms with van der Waals surface area (Å²) in [5, 5.41) is 4.26. The smallest absolute Gasteiger partial charge is 0.123 e. The zero-order valence-electron chi connectivity index (χ0n) is 11.6. The van der Waals surface area contributed by atoms with Gasteiger partial charge in [0.05, 0.1) is 0 Å². The predicted molar refractivity (Wildman–Crippen MR) is 79.2 cm³/mol. The van der Waals surface area contributed by atoms with E-state index in [1.807, 2.05) is 0 Å². The van der Waals surface area contributed by atoms with Crippen molar-refractivity contribution in [1.82, 2.24) is 5.32 Å². The van der Waals surface area contributed by atoms with Crippen molar-refractivity contribution in [3.05, 3.63) is 34.6 Å². The molecule has 0 radical (unpaired) electrons. The van der Waals surface area contributed by atoms with Gasteiger partial charge in [-0.2, -0.15) is 0 Å². The molecule has 1 aliphatic rings. The zero-order chi connectivity index (χ0) is 13.7. The van der Waals surface area contributed by atoms with Crippen molar-refractivity contribution in [2.45, 2.75) is 51.5 Å². The second-order valence-corrected chi connectivity index (χ2v) is 6.03. The van der Waals surface area contributed by atoms with Gasteiger partial charge in [0.2, 0.25) is 0 Å². The fourth-order valence-electron chi connectivity index (χ4n) is 2.68. The number of halogens is 2. The first-order chi connectivity index (χ1) is 9.19. The van der Waals surface area contributed by atoms with Crippen molar-refractivity contribution < 1.29 is 4.39 Å². The van der Waals surface area contributed by atoms with Crippen LogP contribution in [0.2, 0.25) is 5.02 Å². The summed E-state index contributed by atoms with van der Waals surface area (Å²) in [4.78, 5) is 0. The first-order valence-electron chi connectivity index (χ1n) is 7.36. The highest BCUT2D eigenvalue weighted by molar-refractivity contribution is 6.31. The number of benzene rings is 1. The molecule has 1 aliphatic carbocycles. The standard InChI is InChI=1S/C16H23ClFN/c1-2-8-19-15(9-12-4-3-5-12)11-13-10-14(18)6-7-16(13)17/h6-7,10,12,15,19H,2-5,8-9,11H2,1H3. The van der Waals surface area contributed by atoms with E-state index in [0.717, 1.165) is 30.9 Å². The van der Waals surface area contributed by atoms with Gasteiger partial charge in [0.15, 0.2) is 0 Å². The van der Waals surface area contributed by atoms with E-state index in [0.29, 0.717) is 11.1 Å². The second kappa shape index (κ2) is 7.25. The molecule has 0 heterocycles. The van der Waals surface area contributed by atoms with Crippen molar-refractivity contribution in [1.29, 1.82) is 0 Å². The summed E-state index contributed by atoms with van der Waals surface area (Å²) in [6.45, 7) is 3.19. The van der Waals surface area contributed by atoms with Crippen LogP contribution in [0.25, 0.3) is 0 Å². The molecule has 1 saturated carbocycles. The third-order valence-corrected chi connectivity index (χ3v) is 4.37. The minimum Gasteiger partial charge on any atom is -0.314 e. The normalized spacial score (nSPS) is 17.2. The lowest BCUT2D eigenvalue weighted by atomic mass is 9.80. The van der Waals surface area contributed by atoms with Gasteiger partial charge in [-0.3, -0.25) is 0 Å². The molecule has 3 heteroatoms. The highest BCUT2D eigenvalue weighted by Crippen LogP contribution is 2.31. The molecule has 1 unspecified atom stereocenters. The van der Waals surface area contributed by atoms with Gasteiger partial charge >= 0.3 is 0 Å². The molecule has 1 N–H and O–H groups in total. The molecule has 0 spiro atoms. The van der Waals surface area contributed by atoms with E-state index in [-0.39, 0.29) is 5.82 Å². The lowest BCUT2D eigenvalue weighted by molar-refractivity contribution is 0.259. The Hall–Kier alpha value is -0.600. The molecule has 1 nitrogen and oxygen atoms in total. The van der Waals surface area contributed by atoms with Crippen LogP contribution >= 0.6 is 11.6 Å². The summed E-state index contributed by atoms with van der Waals surface area (Å²) < 4.78 is 13.3. The Labute approximate surface area is 120 Å². The van der Waals surface area contributed by atoms with Gasteiger partial charge in [-0.1, -0.05) is 37.8 Å². The van der Waals surface area contributed by atoms with Gasteiger partial charge in [0, 0.05) is 11.1 Å². The number of hydrogen-bond acceptors (Lipinski definition) is 1. The molecular weight excluding hydrogens is 261 g/mol. The first kappa shape index (κ1) is 14.8. The van der Waals surface area contributed by atoms with Crippen molar-refractivity contribution in [2.75, 3.05) is 6.54 Å². The third-order valence-electron chi connectivity index (χ3n) is 4.00. The van der Waals surface area contributed by atoms with Crippen LogP contribution in [0.3, 0.4) is 0 Å². The number of hydrogen-bond donors (Lipinski definition) is 1. The first-order valence-corrected chi connectivity index (χ1v) is 7.74. The Morgan fingerprint density at radius 3 is 2.84 bits per heavy atom. The minimum atomic E-state index is -0.197. The molecule has 0 amide bonds. The van der Waals surface area contributed by atoms with Gasteiger partial charge in [0.25, 0.3) is 0 Å². The van der Waals surface area contributed by atoms with Crippen LogP contribution in [0.1, 0.15) is 44.6 Å². The Kier molecular flexibility index (Phi) is 5.65. The molecule has 1 atom stereocenters. The highest BCUT2D eigenvalue weighted by atomic mass is 35.5. The number of nitrogens with one attached hydrogen (secondary N) is 1. The van der Waals surface area contributed by atoms with E-state index in [1.54, 1.807) is 12.1 Å². The SMILES string of the molecule is CCCNC(Cc1cc(F)ccc1Cl)CC1CCC1. The summed E-state index contributed by atoms with van der Waals surface area (Å²) in [7, 11) is 0. The molecule has 0 bridgehead atoms. The zero-order valence-corrected chi connectivity index (χ0v) is 12.3. The number of rotatable bonds is 7. The molecule has 1 aromatic rings. The van der Waals surface area contributed by atoms with Crippen LogP contribution in [0.15, 0.2) is 18.2 Å². The van der Waals surface area contributed by atoms with Crippen LogP contribution in [0.4, 0.5) is 4.39 Å². The summed E-state index contributed by atoms with van der Waals surface area (Å²) >= 11 is 6.16. The Morgan fingerprint density at radius 2 is 2.21 bits per heavy atom. The van der Waals surface area contributed by atoms with Crippen LogP contribution < -0.4 is 5.32 Å². The van der Waals surface area contributed by atoms with E-state index >= 15 is 0 Å². The molecule has 2 rings (SSSR count). The molecule has 1 aromatic carbocycles. The van der Waals surface area contributed by atoms with Crippen LogP contribution in [0, 0.1) is 11.7 Å². The second-order valence-electron chi connectivity index (χ2n) is 5.62. The summed E-state index contributed by atoms with van der Waals surface area (Å²) in [6, 6.07) is 5.08. The van der Waals surface area contributed by atoms with Crippen LogP contribution in [-0.4, -0.2) is 12.6 Å². The van der Waals surface area contributed by atoms with E-state index in [9.17, 15) is 4.39 Å². The maximum absolute atomic E-state index is 13.3. The molecule has 19 heavy (non-hydrogen) atoms. The van der Waals surface area contributed by atoms with E-state index in [1.165, 1.54) is 31.7 Å². The van der Waals surface area contributed by atoms with Gasteiger partial charge in [-0.15, -0.1) is 0 Å². The average molecular weight is 284 g/mol. The largest absolute Gasteiger partial charge is 0.314 e. The van der Waals surface area contributed by atoms with Crippen LogP contribution in [0.5, 0.6) is 0 Å². The van der Waals surface area contributed by atoms with Crippen molar-refractivity contribution >= 4 is 11.6 Å². The van der Waals surface area contributed by atoms with E-state index < -0.39 is 0 Å². The van der Waals surface area contributed by atoms with E-state index in [2.05, 4.69) is 12.2 Å². The lowest BCUT2D eigenvalue weighted by Crippen LogP contribution is -2.35. The van der Waals surface area contributed by atoms with E-state index in [4.69, 9.17) is 11.6 Å². The predicted octanol–water partition coefficient (Wildman–Crippen LogP) is 4.58. The minimum absolute atomic E-state index is 0.197. The summed E-state index contributed by atoms with van der Waals surface area (Å²) in [5.74, 6) is 0.652. The van der Waals surface area contributed by atoms with Crippen molar-refractivity contribution in [2.24, 2.45) is 5.92 Å². The topological polar surface area (TPSA) is 12.0 Å². The molecule has 0 aliphatic heterocycles. The monoisotopic (exact) mass is 283 g/mol. The van der Waals surface area contributed by atoms with Gasteiger partial charge in [-0.25, -0.2) is 4.39 Å². The van der Waals surface area contributed by atoms with Gasteiger partial charge in [0.1, 0.15) is 5.82 Å². The maximum atomic E-state index is 13.3. The van der Waals surface area contributed by atoms with Gasteiger partial charge in [-0.05, 0) is 55.5 Å². The van der Waals surface area contributed by atoms with Crippen LogP contribution in [-0.2, 0) is 6.42 Å². The summed E-state index contributed by atoms with van der Waals surface area (Å²) in [5.41, 5.74) is 0.926. The van der Waals surface area contributed by atoms with Crippen molar-refractivity contribution in [3.8, 4) is 0 Å². The fourth-order valence-corrected chi connectivity index (χ4v) is 2.88. The molecule has 0 saturated heterocycles. The molecule has 0 aromatic heterocycles. The maximum Gasteiger partial charge on any atom is 0.123 e. The van der Waals surface area contributed by atoms with Gasteiger partial charge < -0.3 is 5.32 Å². The Balaban J connectivity index is 1.98. The highest BCUT2D eigenvalue weighted by Gasteiger charge is 2.22. The molecule has 1 fully saturated rings. The quantitative estimate of drug-likeness (QED) is 0.772. The molecule has 106 valence electrons. The Morgan fingerprint density at radius 1 is 1.42 bits per heavy atom. The fraction of sp³-hybridized carbons (Fsp3) is 0.625. The average Bonchev–Trinajstić information content (AvgIpc) is 2.34. The lowest BCUT2D eigenvalue weighted by Gasteiger charge is -2.30. The Bertz CT molecular complexity index is 404. The third kappa shape index (κ3) is 4.47. The molecular formula is C16H23ClFN.